The molecule has 0 aliphatic heterocycles. The van der Waals surface area contributed by atoms with Gasteiger partial charge in [0.05, 0.1) is 23.0 Å². The molecule has 0 saturated heterocycles. The van der Waals surface area contributed by atoms with E-state index >= 15 is 0 Å². The van der Waals surface area contributed by atoms with E-state index in [2.05, 4.69) is 15.3 Å². The van der Waals surface area contributed by atoms with E-state index in [1.165, 1.54) is 0 Å². The number of nitrogens with zero attached hydrogens (tertiary/aromatic N) is 1. The van der Waals surface area contributed by atoms with Gasteiger partial charge in [-0.25, -0.2) is 4.98 Å². The zero-order valence-electron chi connectivity index (χ0n) is 19.9. The van der Waals surface area contributed by atoms with Crippen LogP contribution in [0.3, 0.4) is 0 Å². The number of imidazole rings is 1. The third kappa shape index (κ3) is 4.00. The van der Waals surface area contributed by atoms with E-state index in [1.54, 1.807) is 97.3 Å². The van der Waals surface area contributed by atoms with Crippen molar-refractivity contribution in [1.29, 1.82) is 0 Å². The SMILES string of the molecule is Nc1ccc(C(=O)N/C(=C\C=C\c2ccco2)c2nc3c4c(ccc3[nH]2)C(=O)c2ccccc2C4=O)cc1. The van der Waals surface area contributed by atoms with Crippen LogP contribution >= 0.6 is 0 Å². The standard InChI is InChI=1S/C30H20N4O4/c31-18-12-10-17(11-13-18)30(37)33-24(9-3-5-19-6-4-16-38-19)29-32-23-15-14-22-25(26(23)34-29)28(36)21-8-2-1-7-20(21)27(22)35/h1-16H,31H2,(H,32,34)(H,33,37)/b5-3+,24-9-. The molecule has 38 heavy (non-hydrogen) atoms. The number of H-pyrrole nitrogens is 1. The summed E-state index contributed by atoms with van der Waals surface area (Å²) >= 11 is 0. The fraction of sp³-hybridized carbons (Fsp3) is 0. The average molecular weight is 501 g/mol. The monoisotopic (exact) mass is 500 g/mol. The summed E-state index contributed by atoms with van der Waals surface area (Å²) in [6, 6.07) is 20.2. The van der Waals surface area contributed by atoms with E-state index < -0.39 is 0 Å². The number of hydrogen-bond donors (Lipinski definition) is 3. The number of hydrogen-bond acceptors (Lipinski definition) is 6. The number of nitrogen functional groups attached to an aromatic ring is 1. The van der Waals surface area contributed by atoms with Crippen LogP contribution in [-0.2, 0) is 0 Å². The Morgan fingerprint density at radius 3 is 2.39 bits per heavy atom. The lowest BCUT2D eigenvalue weighted by molar-refractivity contribution is 0.0972. The van der Waals surface area contributed by atoms with Crippen molar-refractivity contribution >= 4 is 46.0 Å². The Bertz CT molecular complexity index is 1790. The lowest BCUT2D eigenvalue weighted by Crippen LogP contribution is -2.22. The van der Waals surface area contributed by atoms with E-state index in [0.29, 0.717) is 56.3 Å². The van der Waals surface area contributed by atoms with Crippen LogP contribution in [0.15, 0.2) is 95.6 Å². The van der Waals surface area contributed by atoms with Gasteiger partial charge in [-0.15, -0.1) is 0 Å². The number of allylic oxidation sites excluding steroid dienone is 2. The molecule has 4 N–H and O–H groups in total. The maximum Gasteiger partial charge on any atom is 0.255 e. The summed E-state index contributed by atoms with van der Waals surface area (Å²) in [5, 5.41) is 2.88. The molecular weight excluding hydrogens is 480 g/mol. The summed E-state index contributed by atoms with van der Waals surface area (Å²) in [6.07, 6.45) is 6.68. The van der Waals surface area contributed by atoms with Crippen molar-refractivity contribution in [3.05, 3.63) is 131 Å². The predicted octanol–water partition coefficient (Wildman–Crippen LogP) is 5.00. The van der Waals surface area contributed by atoms with Crippen LogP contribution in [0.25, 0.3) is 22.8 Å². The molecule has 0 radical (unpaired) electrons. The molecule has 0 atom stereocenters. The van der Waals surface area contributed by atoms with Gasteiger partial charge in [-0.3, -0.25) is 14.4 Å². The highest BCUT2D eigenvalue weighted by Gasteiger charge is 2.32. The first-order chi connectivity index (χ1) is 18.5. The van der Waals surface area contributed by atoms with E-state index in [1.807, 2.05) is 0 Å². The quantitative estimate of drug-likeness (QED) is 0.226. The fourth-order valence-corrected chi connectivity index (χ4v) is 4.42. The van der Waals surface area contributed by atoms with Crippen molar-refractivity contribution in [3.8, 4) is 0 Å². The Hall–Kier alpha value is -5.50. The minimum Gasteiger partial charge on any atom is -0.465 e. The minimum absolute atomic E-state index is 0.226. The third-order valence-corrected chi connectivity index (χ3v) is 6.29. The van der Waals surface area contributed by atoms with Gasteiger partial charge in [0.25, 0.3) is 5.91 Å². The van der Waals surface area contributed by atoms with Gasteiger partial charge in [-0.2, -0.15) is 0 Å². The van der Waals surface area contributed by atoms with Gasteiger partial charge in [0.15, 0.2) is 17.4 Å². The van der Waals surface area contributed by atoms with Crippen molar-refractivity contribution in [3.63, 3.8) is 0 Å². The van der Waals surface area contributed by atoms with Crippen LogP contribution in [0.2, 0.25) is 0 Å². The Kier molecular flexibility index (Phi) is 5.54. The molecule has 0 bridgehead atoms. The first kappa shape index (κ1) is 22.9. The van der Waals surface area contributed by atoms with Gasteiger partial charge >= 0.3 is 0 Å². The van der Waals surface area contributed by atoms with E-state index in [0.717, 1.165) is 0 Å². The Morgan fingerprint density at radius 1 is 0.895 bits per heavy atom. The lowest BCUT2D eigenvalue weighted by Gasteiger charge is -2.17. The van der Waals surface area contributed by atoms with Crippen molar-refractivity contribution in [2.24, 2.45) is 0 Å². The molecule has 0 fully saturated rings. The fourth-order valence-electron chi connectivity index (χ4n) is 4.42. The van der Waals surface area contributed by atoms with E-state index in [-0.39, 0.29) is 23.0 Å². The molecule has 6 rings (SSSR count). The van der Waals surface area contributed by atoms with Crippen molar-refractivity contribution in [2.45, 2.75) is 0 Å². The number of fused-ring (bicyclic) bond motifs is 4. The summed E-state index contributed by atoms with van der Waals surface area (Å²) in [5.74, 6) is 0.0843. The number of anilines is 1. The molecule has 0 unspecified atom stereocenters. The smallest absolute Gasteiger partial charge is 0.255 e. The molecule has 1 aliphatic rings. The number of ketones is 2. The predicted molar refractivity (Wildman–Crippen MR) is 143 cm³/mol. The first-order valence-corrected chi connectivity index (χ1v) is 11.8. The maximum absolute atomic E-state index is 13.4. The van der Waals surface area contributed by atoms with Crippen LogP contribution < -0.4 is 11.1 Å². The molecule has 1 amide bonds. The van der Waals surface area contributed by atoms with Crippen LogP contribution in [-0.4, -0.2) is 27.4 Å². The largest absolute Gasteiger partial charge is 0.465 e. The van der Waals surface area contributed by atoms with Crippen molar-refractivity contribution in [2.75, 3.05) is 5.73 Å². The van der Waals surface area contributed by atoms with Gasteiger partial charge in [0, 0.05) is 27.9 Å². The number of aromatic amines is 1. The molecule has 5 aromatic rings. The summed E-state index contributed by atoms with van der Waals surface area (Å²) in [5.41, 5.74) is 9.23. The summed E-state index contributed by atoms with van der Waals surface area (Å²) in [7, 11) is 0. The van der Waals surface area contributed by atoms with Gasteiger partial charge in [-0.1, -0.05) is 30.3 Å². The van der Waals surface area contributed by atoms with Gasteiger partial charge in [0.1, 0.15) is 11.3 Å². The second kappa shape index (κ2) is 9.18. The van der Waals surface area contributed by atoms with Crippen LogP contribution in [0.5, 0.6) is 0 Å². The molecule has 1 aliphatic carbocycles. The number of aromatic nitrogens is 2. The molecule has 8 heteroatoms. The number of amides is 1. The Balaban J connectivity index is 1.43. The molecule has 2 aromatic heterocycles. The van der Waals surface area contributed by atoms with Crippen LogP contribution in [0, 0.1) is 0 Å². The number of rotatable bonds is 5. The number of benzene rings is 3. The first-order valence-electron chi connectivity index (χ1n) is 11.8. The normalized spacial score (nSPS) is 13.1. The second-order valence-electron chi connectivity index (χ2n) is 8.70. The van der Waals surface area contributed by atoms with Crippen molar-refractivity contribution < 1.29 is 18.8 Å². The second-order valence-corrected chi connectivity index (χ2v) is 8.70. The van der Waals surface area contributed by atoms with Gasteiger partial charge in [0.2, 0.25) is 0 Å². The average Bonchev–Trinajstić information content (AvgIpc) is 3.61. The number of carbonyl (C=O) groups excluding carboxylic acids is 3. The lowest BCUT2D eigenvalue weighted by atomic mass is 9.83. The van der Waals surface area contributed by atoms with Crippen molar-refractivity contribution in [1.82, 2.24) is 15.3 Å². The molecule has 2 heterocycles. The third-order valence-electron chi connectivity index (χ3n) is 6.29. The summed E-state index contributed by atoms with van der Waals surface area (Å²) in [4.78, 5) is 47.4. The van der Waals surface area contributed by atoms with Gasteiger partial charge in [-0.05, 0) is 60.7 Å². The highest BCUT2D eigenvalue weighted by atomic mass is 16.3. The molecule has 8 nitrogen and oxygen atoms in total. The number of furan rings is 1. The summed E-state index contributed by atoms with van der Waals surface area (Å²) in [6.45, 7) is 0. The molecule has 0 saturated carbocycles. The highest BCUT2D eigenvalue weighted by Crippen LogP contribution is 2.32. The Labute approximate surface area is 216 Å². The topological polar surface area (TPSA) is 131 Å². The van der Waals surface area contributed by atoms with Gasteiger partial charge < -0.3 is 20.5 Å². The summed E-state index contributed by atoms with van der Waals surface area (Å²) < 4.78 is 5.34. The zero-order valence-corrected chi connectivity index (χ0v) is 19.9. The number of carbonyl (C=O) groups is 3. The van der Waals surface area contributed by atoms with E-state index in [9.17, 15) is 14.4 Å². The van der Waals surface area contributed by atoms with Crippen LogP contribution in [0.4, 0.5) is 5.69 Å². The number of nitrogens with one attached hydrogen (secondary N) is 2. The highest BCUT2D eigenvalue weighted by molar-refractivity contribution is 6.31. The van der Waals surface area contributed by atoms with E-state index in [4.69, 9.17) is 10.2 Å². The zero-order chi connectivity index (χ0) is 26.2. The van der Waals surface area contributed by atoms with Crippen LogP contribution in [0.1, 0.15) is 53.8 Å². The molecular formula is C30H20N4O4. The Morgan fingerprint density at radius 2 is 1.66 bits per heavy atom. The number of nitrogens with two attached hydrogens (primary N) is 1. The molecule has 0 spiro atoms. The minimum atomic E-state index is -0.370. The molecule has 3 aromatic carbocycles. The maximum atomic E-state index is 13.4. The molecule has 184 valence electrons.